The van der Waals surface area contributed by atoms with E-state index in [2.05, 4.69) is 0 Å². The fraction of sp³-hybridized carbons (Fsp3) is 0.333. The Labute approximate surface area is 104 Å². The van der Waals surface area contributed by atoms with Gasteiger partial charge in [-0.2, -0.15) is 0 Å². The van der Waals surface area contributed by atoms with Crippen LogP contribution in [0.25, 0.3) is 0 Å². The monoisotopic (exact) mass is 256 g/mol. The van der Waals surface area contributed by atoms with Crippen molar-refractivity contribution in [2.24, 2.45) is 0 Å². The number of rotatable bonds is 4. The standard InChI is InChI=1S/C12H13ClO4/c1-6-3-4-8(10(13)7(2)14)5-9(6)11(15)12(16)17/h3-5,10-11,15H,1-2H3,(H,16,17). The molecule has 0 amide bonds. The quantitative estimate of drug-likeness (QED) is 0.808. The zero-order valence-electron chi connectivity index (χ0n) is 9.48. The number of benzene rings is 1. The van der Waals surface area contributed by atoms with Crippen LogP contribution in [0.1, 0.15) is 35.1 Å². The predicted octanol–water partition coefficient (Wildman–Crippen LogP) is 1.98. The Bertz CT molecular complexity index is 456. The summed E-state index contributed by atoms with van der Waals surface area (Å²) in [5.41, 5.74) is 1.37. The van der Waals surface area contributed by atoms with Crippen LogP contribution in [0.15, 0.2) is 18.2 Å². The Hall–Kier alpha value is -1.39. The number of aliphatic hydroxyl groups excluding tert-OH is 1. The highest BCUT2D eigenvalue weighted by molar-refractivity contribution is 6.30. The van der Waals surface area contributed by atoms with Gasteiger partial charge in [-0.25, -0.2) is 4.79 Å². The maximum Gasteiger partial charge on any atom is 0.337 e. The van der Waals surface area contributed by atoms with Gasteiger partial charge in [0.1, 0.15) is 5.38 Å². The van der Waals surface area contributed by atoms with Crippen molar-refractivity contribution >= 4 is 23.4 Å². The summed E-state index contributed by atoms with van der Waals surface area (Å²) in [4.78, 5) is 21.9. The van der Waals surface area contributed by atoms with Gasteiger partial charge in [-0.05, 0) is 30.5 Å². The third-order valence-corrected chi connectivity index (χ3v) is 3.04. The number of aliphatic hydroxyl groups is 1. The summed E-state index contributed by atoms with van der Waals surface area (Å²) >= 11 is 5.87. The second-order valence-corrected chi connectivity index (χ2v) is 4.27. The number of alkyl halides is 1. The summed E-state index contributed by atoms with van der Waals surface area (Å²) in [6.45, 7) is 3.03. The number of carboxylic acids is 1. The lowest BCUT2D eigenvalue weighted by atomic mass is 9.98. The molecule has 5 heteroatoms. The normalized spacial score (nSPS) is 14.1. The average molecular weight is 257 g/mol. The Morgan fingerprint density at radius 1 is 1.35 bits per heavy atom. The van der Waals surface area contributed by atoms with Gasteiger partial charge in [0.25, 0.3) is 0 Å². The second-order valence-electron chi connectivity index (χ2n) is 3.83. The van der Waals surface area contributed by atoms with Crippen LogP contribution < -0.4 is 0 Å². The van der Waals surface area contributed by atoms with Crippen LogP contribution in [-0.2, 0) is 9.59 Å². The minimum atomic E-state index is -1.61. The molecule has 0 aliphatic rings. The average Bonchev–Trinajstić information content (AvgIpc) is 2.27. The van der Waals surface area contributed by atoms with E-state index in [9.17, 15) is 14.7 Å². The van der Waals surface area contributed by atoms with Gasteiger partial charge >= 0.3 is 5.97 Å². The van der Waals surface area contributed by atoms with Crippen LogP contribution in [0.3, 0.4) is 0 Å². The molecule has 0 radical (unpaired) electrons. The SMILES string of the molecule is CC(=O)C(Cl)c1ccc(C)c(C(O)C(=O)O)c1. The van der Waals surface area contributed by atoms with Crippen molar-refractivity contribution in [3.8, 4) is 0 Å². The molecular formula is C12H13ClO4. The molecule has 0 bridgehead atoms. The van der Waals surface area contributed by atoms with E-state index < -0.39 is 17.5 Å². The minimum absolute atomic E-state index is 0.230. The van der Waals surface area contributed by atoms with E-state index in [-0.39, 0.29) is 11.3 Å². The lowest BCUT2D eigenvalue weighted by Crippen LogP contribution is -2.13. The first-order valence-electron chi connectivity index (χ1n) is 5.00. The number of aryl methyl sites for hydroxylation is 1. The molecule has 4 nitrogen and oxygen atoms in total. The van der Waals surface area contributed by atoms with Crippen LogP contribution >= 0.6 is 11.6 Å². The molecule has 1 aromatic rings. The molecule has 0 aliphatic heterocycles. The summed E-state index contributed by atoms with van der Waals surface area (Å²) in [6, 6.07) is 4.73. The molecule has 0 fully saturated rings. The maximum absolute atomic E-state index is 11.1. The minimum Gasteiger partial charge on any atom is -0.479 e. The van der Waals surface area contributed by atoms with Gasteiger partial charge in [0.05, 0.1) is 0 Å². The first-order valence-corrected chi connectivity index (χ1v) is 5.44. The molecule has 0 spiro atoms. The van der Waals surface area contributed by atoms with Crippen molar-refractivity contribution in [3.05, 3.63) is 34.9 Å². The number of aliphatic carboxylic acids is 1. The summed E-state index contributed by atoms with van der Waals surface area (Å²) in [5.74, 6) is -1.56. The Balaban J connectivity index is 3.19. The molecule has 1 aromatic carbocycles. The molecular weight excluding hydrogens is 244 g/mol. The van der Waals surface area contributed by atoms with E-state index in [1.165, 1.54) is 13.0 Å². The molecule has 92 valence electrons. The van der Waals surface area contributed by atoms with Gasteiger partial charge in [0.15, 0.2) is 11.9 Å². The molecule has 2 N–H and O–H groups in total. The van der Waals surface area contributed by atoms with Gasteiger partial charge in [-0.1, -0.05) is 18.2 Å². The van der Waals surface area contributed by atoms with Gasteiger partial charge < -0.3 is 10.2 Å². The highest BCUT2D eigenvalue weighted by atomic mass is 35.5. The molecule has 2 unspecified atom stereocenters. The molecule has 0 aliphatic carbocycles. The third kappa shape index (κ3) is 3.05. The van der Waals surface area contributed by atoms with Crippen molar-refractivity contribution in [3.63, 3.8) is 0 Å². The summed E-state index contributed by atoms with van der Waals surface area (Å²) < 4.78 is 0. The number of carboxylic acid groups (broad SMARTS) is 1. The summed E-state index contributed by atoms with van der Waals surface area (Å²) in [7, 11) is 0. The highest BCUT2D eigenvalue weighted by Gasteiger charge is 2.21. The molecule has 0 saturated carbocycles. The van der Waals surface area contributed by atoms with E-state index in [4.69, 9.17) is 16.7 Å². The molecule has 0 aromatic heterocycles. The molecule has 1 rings (SSSR count). The van der Waals surface area contributed by atoms with Gasteiger partial charge in [-0.3, -0.25) is 4.79 Å². The molecule has 17 heavy (non-hydrogen) atoms. The van der Waals surface area contributed by atoms with Crippen molar-refractivity contribution in [1.82, 2.24) is 0 Å². The molecule has 2 atom stereocenters. The largest absolute Gasteiger partial charge is 0.479 e. The van der Waals surface area contributed by atoms with Crippen molar-refractivity contribution in [1.29, 1.82) is 0 Å². The van der Waals surface area contributed by atoms with Gasteiger partial charge in [-0.15, -0.1) is 11.6 Å². The fourth-order valence-corrected chi connectivity index (χ4v) is 1.61. The zero-order chi connectivity index (χ0) is 13.2. The van der Waals surface area contributed by atoms with Crippen molar-refractivity contribution < 1.29 is 19.8 Å². The Morgan fingerprint density at radius 2 is 1.94 bits per heavy atom. The fourth-order valence-electron chi connectivity index (χ4n) is 1.48. The summed E-state index contributed by atoms with van der Waals surface area (Å²) in [5, 5.41) is 17.4. The first-order chi connectivity index (χ1) is 7.84. The number of hydrogen-bond donors (Lipinski definition) is 2. The van der Waals surface area contributed by atoms with E-state index in [1.54, 1.807) is 19.1 Å². The molecule has 0 saturated heterocycles. The predicted molar refractivity (Wildman–Crippen MR) is 63.0 cm³/mol. The number of ketones is 1. The first kappa shape index (κ1) is 13.7. The van der Waals surface area contributed by atoms with E-state index in [0.29, 0.717) is 11.1 Å². The smallest absolute Gasteiger partial charge is 0.337 e. The van der Waals surface area contributed by atoms with Crippen molar-refractivity contribution in [2.75, 3.05) is 0 Å². The van der Waals surface area contributed by atoms with Gasteiger partial charge in [0, 0.05) is 0 Å². The Kier molecular flexibility index (Phi) is 4.26. The number of carbonyl (C=O) groups excluding carboxylic acids is 1. The number of halogens is 1. The molecule has 0 heterocycles. The van der Waals surface area contributed by atoms with Crippen LogP contribution in [-0.4, -0.2) is 22.0 Å². The maximum atomic E-state index is 11.1. The van der Waals surface area contributed by atoms with E-state index in [0.717, 1.165) is 0 Å². The topological polar surface area (TPSA) is 74.6 Å². The van der Waals surface area contributed by atoms with E-state index >= 15 is 0 Å². The Morgan fingerprint density at radius 3 is 2.41 bits per heavy atom. The van der Waals surface area contributed by atoms with Crippen LogP contribution in [0.2, 0.25) is 0 Å². The number of carbonyl (C=O) groups is 2. The number of hydrogen-bond acceptors (Lipinski definition) is 3. The zero-order valence-corrected chi connectivity index (χ0v) is 10.2. The van der Waals surface area contributed by atoms with Crippen LogP contribution in [0.5, 0.6) is 0 Å². The van der Waals surface area contributed by atoms with Gasteiger partial charge in [0.2, 0.25) is 0 Å². The number of Topliss-reactive ketones (excluding diaryl/α,β-unsaturated/α-hetero) is 1. The lowest BCUT2D eigenvalue weighted by Gasteiger charge is -2.13. The second kappa shape index (κ2) is 5.29. The highest BCUT2D eigenvalue weighted by Crippen LogP contribution is 2.26. The van der Waals surface area contributed by atoms with E-state index in [1.807, 2.05) is 0 Å². The van der Waals surface area contributed by atoms with Crippen molar-refractivity contribution in [2.45, 2.75) is 25.3 Å². The summed E-state index contributed by atoms with van der Waals surface area (Å²) in [6.07, 6.45) is -1.61. The van der Waals surface area contributed by atoms with Crippen LogP contribution in [0, 0.1) is 6.92 Å². The lowest BCUT2D eigenvalue weighted by molar-refractivity contribution is -0.147. The van der Waals surface area contributed by atoms with Crippen LogP contribution in [0.4, 0.5) is 0 Å². The third-order valence-electron chi connectivity index (χ3n) is 2.48.